The van der Waals surface area contributed by atoms with E-state index in [1.165, 1.54) is 0 Å². The van der Waals surface area contributed by atoms with Gasteiger partial charge in [0, 0.05) is 25.5 Å². The van der Waals surface area contributed by atoms with E-state index in [1.54, 1.807) is 30.7 Å². The fourth-order valence-corrected chi connectivity index (χ4v) is 1.90. The highest BCUT2D eigenvalue weighted by molar-refractivity contribution is 5.75. The molecule has 2 rings (SSSR count). The molecular formula is C12H16N6O2. The van der Waals surface area contributed by atoms with E-state index in [0.717, 1.165) is 13.0 Å². The van der Waals surface area contributed by atoms with Crippen molar-refractivity contribution in [1.82, 2.24) is 9.55 Å². The molecule has 0 aliphatic carbocycles. The fourth-order valence-electron chi connectivity index (χ4n) is 1.90. The van der Waals surface area contributed by atoms with E-state index in [9.17, 15) is 10.1 Å². The van der Waals surface area contributed by atoms with Crippen LogP contribution in [-0.2, 0) is 6.54 Å². The quantitative estimate of drug-likeness (QED) is 0.306. The second kappa shape index (κ2) is 6.53. The average molecular weight is 276 g/mol. The van der Waals surface area contributed by atoms with E-state index in [4.69, 9.17) is 5.84 Å². The van der Waals surface area contributed by atoms with Gasteiger partial charge in [0.1, 0.15) is 11.4 Å². The summed E-state index contributed by atoms with van der Waals surface area (Å²) >= 11 is 0. The number of hydrogen-bond donors (Lipinski definition) is 3. The molecule has 0 spiro atoms. The van der Waals surface area contributed by atoms with Crippen molar-refractivity contribution < 1.29 is 4.92 Å². The Morgan fingerprint density at radius 3 is 2.85 bits per heavy atom. The predicted molar refractivity (Wildman–Crippen MR) is 76.2 cm³/mol. The second-order valence-corrected chi connectivity index (χ2v) is 4.18. The van der Waals surface area contributed by atoms with Crippen molar-refractivity contribution in [1.29, 1.82) is 0 Å². The Bertz CT molecular complexity index is 569. The van der Waals surface area contributed by atoms with Gasteiger partial charge in [0.25, 0.3) is 0 Å². The fraction of sp³-hybridized carbons (Fsp3) is 0.250. The van der Waals surface area contributed by atoms with Crippen LogP contribution in [-0.4, -0.2) is 21.0 Å². The number of hydrazine groups is 1. The lowest BCUT2D eigenvalue weighted by Crippen LogP contribution is -2.12. The molecule has 8 heteroatoms. The third-order valence-corrected chi connectivity index (χ3v) is 2.84. The van der Waals surface area contributed by atoms with Crippen molar-refractivity contribution >= 4 is 17.1 Å². The predicted octanol–water partition coefficient (Wildman–Crippen LogP) is 1.58. The van der Waals surface area contributed by atoms with E-state index < -0.39 is 4.92 Å². The Morgan fingerprint density at radius 1 is 1.40 bits per heavy atom. The lowest BCUT2D eigenvalue weighted by Gasteiger charge is -2.10. The van der Waals surface area contributed by atoms with Crippen LogP contribution in [0.1, 0.15) is 6.42 Å². The third-order valence-electron chi connectivity index (χ3n) is 2.84. The Balaban J connectivity index is 1.96. The van der Waals surface area contributed by atoms with Gasteiger partial charge in [0.05, 0.1) is 11.3 Å². The molecule has 0 atom stereocenters. The summed E-state index contributed by atoms with van der Waals surface area (Å²) in [5, 5.41) is 14.1. The maximum Gasteiger partial charge on any atom is 0.316 e. The number of aromatic nitrogens is 2. The van der Waals surface area contributed by atoms with Crippen LogP contribution in [0, 0.1) is 10.1 Å². The Hall–Kier alpha value is -2.61. The zero-order chi connectivity index (χ0) is 14.4. The van der Waals surface area contributed by atoms with Crippen LogP contribution in [0.4, 0.5) is 17.1 Å². The van der Waals surface area contributed by atoms with Crippen LogP contribution in [0.5, 0.6) is 0 Å². The molecule has 20 heavy (non-hydrogen) atoms. The molecule has 0 saturated carbocycles. The molecule has 0 aliphatic rings. The number of benzene rings is 1. The van der Waals surface area contributed by atoms with Gasteiger partial charge in [0.15, 0.2) is 0 Å². The van der Waals surface area contributed by atoms with Crippen molar-refractivity contribution in [3.63, 3.8) is 0 Å². The van der Waals surface area contributed by atoms with E-state index in [1.807, 2.05) is 10.8 Å². The maximum absolute atomic E-state index is 11.1. The summed E-state index contributed by atoms with van der Waals surface area (Å²) in [4.78, 5) is 14.6. The van der Waals surface area contributed by atoms with Crippen molar-refractivity contribution in [3.8, 4) is 0 Å². The molecule has 0 unspecified atom stereocenters. The van der Waals surface area contributed by atoms with Gasteiger partial charge in [0.2, 0.25) is 0 Å². The van der Waals surface area contributed by atoms with Crippen LogP contribution >= 0.6 is 0 Å². The molecular weight excluding hydrogens is 260 g/mol. The number of nitrogens with one attached hydrogen (secondary N) is 2. The first-order valence-corrected chi connectivity index (χ1v) is 6.16. The number of hydrogen-bond acceptors (Lipinski definition) is 6. The summed E-state index contributed by atoms with van der Waals surface area (Å²) in [6, 6.07) is 4.94. The number of nitrogens with zero attached hydrogens (tertiary/aromatic N) is 3. The molecule has 1 aromatic heterocycles. The molecule has 106 valence electrons. The van der Waals surface area contributed by atoms with Crippen LogP contribution in [0.2, 0.25) is 0 Å². The van der Waals surface area contributed by atoms with Crippen LogP contribution in [0.15, 0.2) is 36.9 Å². The van der Waals surface area contributed by atoms with Crippen molar-refractivity contribution in [2.45, 2.75) is 13.0 Å². The van der Waals surface area contributed by atoms with Crippen molar-refractivity contribution in [2.24, 2.45) is 5.84 Å². The highest BCUT2D eigenvalue weighted by Crippen LogP contribution is 2.31. The van der Waals surface area contributed by atoms with E-state index in [2.05, 4.69) is 15.7 Å². The molecule has 0 saturated heterocycles. The normalized spacial score (nSPS) is 10.2. The van der Waals surface area contributed by atoms with Gasteiger partial charge in [-0.1, -0.05) is 6.07 Å². The zero-order valence-corrected chi connectivity index (χ0v) is 10.8. The first-order chi connectivity index (χ1) is 9.72. The summed E-state index contributed by atoms with van der Waals surface area (Å²) in [7, 11) is 0. The van der Waals surface area contributed by atoms with Crippen LogP contribution < -0.4 is 16.6 Å². The molecule has 0 bridgehead atoms. The van der Waals surface area contributed by atoms with Gasteiger partial charge in [-0.15, -0.1) is 0 Å². The van der Waals surface area contributed by atoms with Gasteiger partial charge in [-0.2, -0.15) is 0 Å². The molecule has 0 radical (unpaired) electrons. The van der Waals surface area contributed by atoms with Crippen LogP contribution in [0.25, 0.3) is 0 Å². The number of nitro benzene ring substituents is 1. The van der Waals surface area contributed by atoms with Gasteiger partial charge < -0.3 is 15.3 Å². The zero-order valence-electron chi connectivity index (χ0n) is 10.8. The number of nitrogen functional groups attached to an aromatic ring is 1. The van der Waals surface area contributed by atoms with E-state index >= 15 is 0 Å². The molecule has 8 nitrogen and oxygen atoms in total. The average Bonchev–Trinajstić information content (AvgIpc) is 2.96. The number of nitrogens with two attached hydrogens (primary N) is 1. The van der Waals surface area contributed by atoms with Gasteiger partial charge in [-0.3, -0.25) is 16.0 Å². The molecule has 4 N–H and O–H groups in total. The molecule has 2 aromatic rings. The number of anilines is 2. The molecule has 1 heterocycles. The minimum Gasteiger partial charge on any atom is -0.379 e. The molecule has 0 amide bonds. The highest BCUT2D eigenvalue weighted by Gasteiger charge is 2.18. The number of rotatable bonds is 7. The van der Waals surface area contributed by atoms with E-state index in [0.29, 0.717) is 12.2 Å². The summed E-state index contributed by atoms with van der Waals surface area (Å²) in [5.74, 6) is 5.28. The lowest BCUT2D eigenvalue weighted by atomic mass is 10.2. The molecule has 0 aliphatic heterocycles. The third kappa shape index (κ3) is 3.23. The van der Waals surface area contributed by atoms with E-state index in [-0.39, 0.29) is 11.4 Å². The largest absolute Gasteiger partial charge is 0.379 e. The lowest BCUT2D eigenvalue weighted by molar-refractivity contribution is -0.383. The molecule has 0 fully saturated rings. The Labute approximate surface area is 115 Å². The SMILES string of the molecule is NNc1cccc(NCCCn2ccnc2)c1[N+](=O)[O-]. The monoisotopic (exact) mass is 276 g/mol. The Morgan fingerprint density at radius 2 is 2.20 bits per heavy atom. The number of aryl methyl sites for hydroxylation is 1. The number of nitro groups is 1. The number of para-hydroxylation sites is 1. The number of imidazole rings is 1. The highest BCUT2D eigenvalue weighted by atomic mass is 16.6. The Kier molecular flexibility index (Phi) is 4.51. The first kappa shape index (κ1) is 13.8. The smallest absolute Gasteiger partial charge is 0.316 e. The maximum atomic E-state index is 11.1. The second-order valence-electron chi connectivity index (χ2n) is 4.18. The topological polar surface area (TPSA) is 111 Å². The minimum absolute atomic E-state index is 0.0439. The summed E-state index contributed by atoms with van der Waals surface area (Å²) < 4.78 is 1.95. The first-order valence-electron chi connectivity index (χ1n) is 6.16. The minimum atomic E-state index is -0.451. The summed E-state index contributed by atoms with van der Waals surface area (Å²) in [5.41, 5.74) is 3.03. The van der Waals surface area contributed by atoms with Gasteiger partial charge in [-0.05, 0) is 18.6 Å². The van der Waals surface area contributed by atoms with Crippen LogP contribution in [0.3, 0.4) is 0 Å². The van der Waals surface area contributed by atoms with Gasteiger partial charge >= 0.3 is 5.69 Å². The molecule has 1 aromatic carbocycles. The standard InChI is InChI=1S/C12H16N6O2/c13-16-11-4-1-3-10(12(11)18(19)20)15-5-2-7-17-8-6-14-9-17/h1,3-4,6,8-9,15-16H,2,5,7,13H2. The summed E-state index contributed by atoms with van der Waals surface area (Å²) in [6.45, 7) is 1.42. The van der Waals surface area contributed by atoms with Crippen molar-refractivity contribution in [3.05, 3.63) is 47.0 Å². The summed E-state index contributed by atoms with van der Waals surface area (Å²) in [6.07, 6.45) is 6.16. The van der Waals surface area contributed by atoms with Gasteiger partial charge in [-0.25, -0.2) is 4.98 Å². The van der Waals surface area contributed by atoms with Crippen molar-refractivity contribution in [2.75, 3.05) is 17.3 Å².